The fraction of sp³-hybridized carbons (Fsp3) is 0.357. The molecule has 1 aliphatic rings. The van der Waals surface area contributed by atoms with Gasteiger partial charge in [0.05, 0.1) is 11.5 Å². The van der Waals surface area contributed by atoms with Crippen molar-refractivity contribution in [3.05, 3.63) is 83.9 Å². The molecule has 1 fully saturated rings. The molecule has 1 atom stereocenters. The SMILES string of the molecule is CNC(=O)C1(Cc2ccccc2)CCN(C(=O)[C@@H](Cc2ccc3ccccc3c2)NC)CC1. The summed E-state index contributed by atoms with van der Waals surface area (Å²) in [5.41, 5.74) is 1.83. The highest BCUT2D eigenvalue weighted by atomic mass is 16.2. The second-order valence-corrected chi connectivity index (χ2v) is 9.07. The van der Waals surface area contributed by atoms with Crippen molar-refractivity contribution in [3.8, 4) is 0 Å². The van der Waals surface area contributed by atoms with Crippen LogP contribution in [-0.2, 0) is 22.4 Å². The number of likely N-dealkylation sites (tertiary alicyclic amines) is 1. The van der Waals surface area contributed by atoms with Crippen LogP contribution in [-0.4, -0.2) is 49.9 Å². The van der Waals surface area contributed by atoms with Gasteiger partial charge in [0.2, 0.25) is 11.8 Å². The molecule has 0 aromatic heterocycles. The zero-order valence-corrected chi connectivity index (χ0v) is 19.5. The number of carbonyl (C=O) groups is 2. The van der Waals surface area contributed by atoms with Crippen molar-refractivity contribution in [2.24, 2.45) is 5.41 Å². The Kier molecular flexibility index (Phi) is 7.09. The number of likely N-dealkylation sites (N-methyl/N-ethyl adjacent to an activating group) is 1. The van der Waals surface area contributed by atoms with Crippen molar-refractivity contribution in [1.29, 1.82) is 0 Å². The maximum atomic E-state index is 13.4. The molecule has 1 heterocycles. The third kappa shape index (κ3) is 5.09. The number of rotatable bonds is 7. The molecule has 2 N–H and O–H groups in total. The van der Waals surface area contributed by atoms with Crippen molar-refractivity contribution < 1.29 is 9.59 Å². The number of piperidine rings is 1. The number of hydrogen-bond donors (Lipinski definition) is 2. The normalized spacial score (nSPS) is 16.4. The highest BCUT2D eigenvalue weighted by Gasteiger charge is 2.42. The van der Waals surface area contributed by atoms with E-state index >= 15 is 0 Å². The topological polar surface area (TPSA) is 61.4 Å². The number of nitrogens with one attached hydrogen (secondary N) is 2. The van der Waals surface area contributed by atoms with Gasteiger partial charge in [0.25, 0.3) is 0 Å². The van der Waals surface area contributed by atoms with Crippen LogP contribution in [0.3, 0.4) is 0 Å². The van der Waals surface area contributed by atoms with E-state index in [2.05, 4.69) is 53.1 Å². The lowest BCUT2D eigenvalue weighted by Crippen LogP contribution is -2.54. The Morgan fingerprint density at radius 3 is 2.21 bits per heavy atom. The van der Waals surface area contributed by atoms with Gasteiger partial charge in [-0.15, -0.1) is 0 Å². The molecule has 0 unspecified atom stereocenters. The highest BCUT2D eigenvalue weighted by Crippen LogP contribution is 2.36. The summed E-state index contributed by atoms with van der Waals surface area (Å²) in [7, 11) is 3.55. The largest absolute Gasteiger partial charge is 0.359 e. The van der Waals surface area contributed by atoms with E-state index in [0.717, 1.165) is 11.1 Å². The summed E-state index contributed by atoms with van der Waals surface area (Å²) in [4.78, 5) is 28.2. The Morgan fingerprint density at radius 2 is 1.55 bits per heavy atom. The fourth-order valence-corrected chi connectivity index (χ4v) is 5.03. The summed E-state index contributed by atoms with van der Waals surface area (Å²) in [6.07, 6.45) is 2.67. The van der Waals surface area contributed by atoms with Crippen LogP contribution in [0.5, 0.6) is 0 Å². The van der Waals surface area contributed by atoms with Crippen molar-refractivity contribution >= 4 is 22.6 Å². The quantitative estimate of drug-likeness (QED) is 0.587. The maximum Gasteiger partial charge on any atom is 0.240 e. The average molecular weight is 444 g/mol. The van der Waals surface area contributed by atoms with Crippen LogP contribution in [0.25, 0.3) is 10.8 Å². The number of fused-ring (bicyclic) bond motifs is 1. The van der Waals surface area contributed by atoms with Gasteiger partial charge in [-0.3, -0.25) is 9.59 Å². The molecule has 172 valence electrons. The van der Waals surface area contributed by atoms with E-state index < -0.39 is 5.41 Å². The third-order valence-electron chi connectivity index (χ3n) is 7.03. The number of carbonyl (C=O) groups excluding carboxylic acids is 2. The molecule has 0 saturated carbocycles. The summed E-state index contributed by atoms with van der Waals surface area (Å²) in [5.74, 6) is 0.177. The van der Waals surface area contributed by atoms with E-state index in [9.17, 15) is 9.59 Å². The molecule has 33 heavy (non-hydrogen) atoms. The predicted molar refractivity (Wildman–Crippen MR) is 133 cm³/mol. The Hall–Kier alpha value is -3.18. The van der Waals surface area contributed by atoms with E-state index in [1.165, 1.54) is 10.8 Å². The average Bonchev–Trinajstić information content (AvgIpc) is 2.87. The van der Waals surface area contributed by atoms with Crippen LogP contribution in [0, 0.1) is 5.41 Å². The van der Waals surface area contributed by atoms with E-state index in [0.29, 0.717) is 38.8 Å². The standard InChI is InChI=1S/C28H33N3O2/c1-29-25(19-22-12-13-23-10-6-7-11-24(23)18-22)26(32)31-16-14-28(15-17-31,27(33)30-2)20-21-8-4-3-5-9-21/h3-13,18,25,29H,14-17,19-20H2,1-2H3,(H,30,33)/t25-/m1/s1. The predicted octanol–water partition coefficient (Wildman–Crippen LogP) is 3.57. The first kappa shape index (κ1) is 23.0. The van der Waals surface area contributed by atoms with Crippen molar-refractivity contribution in [3.63, 3.8) is 0 Å². The molecular formula is C28H33N3O2. The zero-order chi connectivity index (χ0) is 23.3. The second kappa shape index (κ2) is 10.2. The van der Waals surface area contributed by atoms with Crippen LogP contribution < -0.4 is 10.6 Å². The van der Waals surface area contributed by atoms with E-state index in [4.69, 9.17) is 0 Å². The molecule has 0 aliphatic carbocycles. The monoisotopic (exact) mass is 443 g/mol. The van der Waals surface area contributed by atoms with Gasteiger partial charge in [-0.2, -0.15) is 0 Å². The molecule has 3 aromatic carbocycles. The Labute approximate surface area is 196 Å². The second-order valence-electron chi connectivity index (χ2n) is 9.07. The Morgan fingerprint density at radius 1 is 0.879 bits per heavy atom. The van der Waals surface area contributed by atoms with Gasteiger partial charge in [-0.05, 0) is 54.6 Å². The minimum Gasteiger partial charge on any atom is -0.359 e. The number of hydrogen-bond acceptors (Lipinski definition) is 3. The zero-order valence-electron chi connectivity index (χ0n) is 19.5. The molecule has 0 bridgehead atoms. The first-order chi connectivity index (χ1) is 16.0. The van der Waals surface area contributed by atoms with Crippen LogP contribution in [0.4, 0.5) is 0 Å². The molecule has 0 radical (unpaired) electrons. The molecule has 1 saturated heterocycles. The lowest BCUT2D eigenvalue weighted by Gasteiger charge is -2.41. The lowest BCUT2D eigenvalue weighted by molar-refractivity contribution is -0.141. The molecule has 4 rings (SSSR count). The van der Waals surface area contributed by atoms with Crippen molar-refractivity contribution in [1.82, 2.24) is 15.5 Å². The number of benzene rings is 3. The summed E-state index contributed by atoms with van der Waals surface area (Å²) >= 11 is 0. The van der Waals surface area contributed by atoms with E-state index in [-0.39, 0.29) is 17.9 Å². The van der Waals surface area contributed by atoms with Gasteiger partial charge in [-0.25, -0.2) is 0 Å². The highest BCUT2D eigenvalue weighted by molar-refractivity contribution is 5.86. The minimum atomic E-state index is -0.472. The van der Waals surface area contributed by atoms with Crippen molar-refractivity contribution in [2.75, 3.05) is 27.2 Å². The molecule has 1 aliphatic heterocycles. The van der Waals surface area contributed by atoms with Gasteiger partial charge in [-0.1, -0.05) is 72.8 Å². The summed E-state index contributed by atoms with van der Waals surface area (Å²) in [5, 5.41) is 8.47. The summed E-state index contributed by atoms with van der Waals surface area (Å²) in [6.45, 7) is 1.18. The molecule has 0 spiro atoms. The van der Waals surface area contributed by atoms with Crippen molar-refractivity contribution in [2.45, 2.75) is 31.7 Å². The first-order valence-electron chi connectivity index (χ1n) is 11.7. The third-order valence-corrected chi connectivity index (χ3v) is 7.03. The molecule has 5 heteroatoms. The molecule has 2 amide bonds. The van der Waals surface area contributed by atoms with Crippen LogP contribution in [0.2, 0.25) is 0 Å². The summed E-state index contributed by atoms with van der Waals surface area (Å²) < 4.78 is 0. The van der Waals surface area contributed by atoms with Crippen LogP contribution in [0.15, 0.2) is 72.8 Å². The van der Waals surface area contributed by atoms with E-state index in [1.807, 2.05) is 42.3 Å². The molecule has 5 nitrogen and oxygen atoms in total. The first-order valence-corrected chi connectivity index (χ1v) is 11.7. The number of amides is 2. The van der Waals surface area contributed by atoms with Gasteiger partial charge in [0.1, 0.15) is 0 Å². The summed E-state index contributed by atoms with van der Waals surface area (Å²) in [6, 6.07) is 24.5. The Bertz CT molecular complexity index is 1100. The fourth-order valence-electron chi connectivity index (χ4n) is 5.03. The minimum absolute atomic E-state index is 0.0692. The Balaban J connectivity index is 1.44. The van der Waals surface area contributed by atoms with Gasteiger partial charge in [0.15, 0.2) is 0 Å². The van der Waals surface area contributed by atoms with Crippen LogP contribution >= 0.6 is 0 Å². The lowest BCUT2D eigenvalue weighted by atomic mass is 9.73. The van der Waals surface area contributed by atoms with Gasteiger partial charge >= 0.3 is 0 Å². The van der Waals surface area contributed by atoms with Gasteiger partial charge < -0.3 is 15.5 Å². The maximum absolute atomic E-state index is 13.4. The van der Waals surface area contributed by atoms with E-state index in [1.54, 1.807) is 7.05 Å². The smallest absolute Gasteiger partial charge is 0.240 e. The number of nitrogens with zero attached hydrogens (tertiary/aromatic N) is 1. The molecule has 3 aromatic rings. The van der Waals surface area contributed by atoms with Crippen LogP contribution in [0.1, 0.15) is 24.0 Å². The molecular weight excluding hydrogens is 410 g/mol. The van der Waals surface area contributed by atoms with Gasteiger partial charge in [0, 0.05) is 20.1 Å².